The molecule has 0 aliphatic heterocycles. The number of benzene rings is 1. The van der Waals surface area contributed by atoms with Gasteiger partial charge in [-0.15, -0.1) is 0 Å². The number of carboxylic acid groups (broad SMARTS) is 1. The summed E-state index contributed by atoms with van der Waals surface area (Å²) >= 11 is 9.17. The van der Waals surface area contributed by atoms with E-state index in [1.807, 2.05) is 0 Å². The molecule has 0 atom stereocenters. The van der Waals surface area contributed by atoms with Crippen molar-refractivity contribution in [1.29, 1.82) is 0 Å². The molecule has 0 bridgehead atoms. The third kappa shape index (κ3) is 3.39. The van der Waals surface area contributed by atoms with Crippen LogP contribution in [0, 0.1) is 0 Å². The highest BCUT2D eigenvalue weighted by Crippen LogP contribution is 2.33. The van der Waals surface area contributed by atoms with Crippen LogP contribution in [0.2, 0.25) is 5.02 Å². The highest BCUT2D eigenvalue weighted by atomic mass is 79.9. The van der Waals surface area contributed by atoms with E-state index in [9.17, 15) is 4.79 Å². The van der Waals surface area contributed by atoms with Gasteiger partial charge in [-0.1, -0.05) is 11.6 Å². The number of ether oxygens (including phenoxy) is 1. The summed E-state index contributed by atoms with van der Waals surface area (Å²) in [5.74, 6) is -0.200. The van der Waals surface area contributed by atoms with Crippen LogP contribution >= 0.6 is 27.5 Å². The minimum Gasteiger partial charge on any atom is -0.495 e. The van der Waals surface area contributed by atoms with E-state index in [0.29, 0.717) is 17.2 Å². The van der Waals surface area contributed by atoms with Gasteiger partial charge in [0.2, 0.25) is 0 Å². The van der Waals surface area contributed by atoms with E-state index < -0.39 is 5.97 Å². The van der Waals surface area contributed by atoms with Crippen LogP contribution < -0.4 is 4.74 Å². The molecule has 3 nitrogen and oxygen atoms in total. The van der Waals surface area contributed by atoms with Crippen LogP contribution in [0.5, 0.6) is 5.75 Å². The number of carbonyl (C=O) groups is 1. The largest absolute Gasteiger partial charge is 0.495 e. The zero-order valence-corrected chi connectivity index (χ0v) is 10.4. The molecule has 0 saturated carbocycles. The van der Waals surface area contributed by atoms with Gasteiger partial charge in [0.15, 0.2) is 0 Å². The minimum absolute atomic E-state index is 0.0587. The van der Waals surface area contributed by atoms with E-state index in [0.717, 1.165) is 10.0 Å². The molecule has 0 saturated heterocycles. The monoisotopic (exact) mass is 292 g/mol. The lowest BCUT2D eigenvalue weighted by atomic mass is 10.1. The van der Waals surface area contributed by atoms with Crippen molar-refractivity contribution in [2.45, 2.75) is 12.8 Å². The second kappa shape index (κ2) is 5.37. The Morgan fingerprint density at radius 3 is 2.80 bits per heavy atom. The van der Waals surface area contributed by atoms with E-state index in [2.05, 4.69) is 15.9 Å². The normalized spacial score (nSPS) is 10.1. The van der Waals surface area contributed by atoms with Crippen LogP contribution in [0.25, 0.3) is 0 Å². The van der Waals surface area contributed by atoms with Crippen molar-refractivity contribution < 1.29 is 14.6 Å². The highest BCUT2D eigenvalue weighted by Gasteiger charge is 2.10. The van der Waals surface area contributed by atoms with Crippen molar-refractivity contribution in [2.75, 3.05) is 7.11 Å². The molecule has 0 heterocycles. The number of rotatable bonds is 4. The molecule has 1 N–H and O–H groups in total. The first-order valence-corrected chi connectivity index (χ1v) is 5.45. The minimum atomic E-state index is -0.840. The third-order valence-corrected chi connectivity index (χ3v) is 2.70. The van der Waals surface area contributed by atoms with Gasteiger partial charge in [-0.05, 0) is 40.0 Å². The molecule has 0 fully saturated rings. The molecule has 0 aliphatic rings. The zero-order chi connectivity index (χ0) is 11.4. The lowest BCUT2D eigenvalue weighted by Crippen LogP contribution is -2.00. The van der Waals surface area contributed by atoms with Crippen molar-refractivity contribution in [3.63, 3.8) is 0 Å². The number of hydrogen-bond acceptors (Lipinski definition) is 2. The summed E-state index contributed by atoms with van der Waals surface area (Å²) in [5, 5.41) is 9.15. The topological polar surface area (TPSA) is 46.5 Å². The number of aryl methyl sites for hydroxylation is 1. The Morgan fingerprint density at radius 1 is 1.60 bits per heavy atom. The van der Waals surface area contributed by atoms with E-state index in [1.165, 1.54) is 7.11 Å². The highest BCUT2D eigenvalue weighted by molar-refractivity contribution is 9.10. The molecule has 15 heavy (non-hydrogen) atoms. The van der Waals surface area contributed by atoms with Crippen LogP contribution in [-0.2, 0) is 11.2 Å². The summed E-state index contributed by atoms with van der Waals surface area (Å²) in [6.07, 6.45) is 0.459. The fraction of sp³-hybridized carbons (Fsp3) is 0.300. The van der Waals surface area contributed by atoms with Gasteiger partial charge in [-0.3, -0.25) is 4.79 Å². The third-order valence-electron chi connectivity index (χ3n) is 1.90. The first kappa shape index (κ1) is 12.3. The fourth-order valence-corrected chi connectivity index (χ4v) is 2.31. The SMILES string of the molecule is COc1c(Br)cc(Cl)cc1CCC(=O)O. The maximum absolute atomic E-state index is 10.5. The molecule has 0 radical (unpaired) electrons. The van der Waals surface area contributed by atoms with Gasteiger partial charge in [0.05, 0.1) is 11.6 Å². The molecule has 82 valence electrons. The Bertz CT molecular complexity index is 379. The Kier molecular flexibility index (Phi) is 4.42. The molecular weight excluding hydrogens is 283 g/mol. The van der Waals surface area contributed by atoms with Gasteiger partial charge in [-0.2, -0.15) is 0 Å². The van der Waals surface area contributed by atoms with E-state index >= 15 is 0 Å². The van der Waals surface area contributed by atoms with Gasteiger partial charge in [-0.25, -0.2) is 0 Å². The Morgan fingerprint density at radius 2 is 2.27 bits per heavy atom. The van der Waals surface area contributed by atoms with Crippen LogP contribution in [0.15, 0.2) is 16.6 Å². The first-order chi connectivity index (χ1) is 7.04. The fourth-order valence-electron chi connectivity index (χ4n) is 1.27. The maximum Gasteiger partial charge on any atom is 0.303 e. The first-order valence-electron chi connectivity index (χ1n) is 4.28. The van der Waals surface area contributed by atoms with Crippen LogP contribution in [0.3, 0.4) is 0 Å². The van der Waals surface area contributed by atoms with E-state index in [1.54, 1.807) is 12.1 Å². The summed E-state index contributed by atoms with van der Waals surface area (Å²) in [4.78, 5) is 10.5. The predicted octanol–water partition coefficient (Wildman–Crippen LogP) is 3.13. The second-order valence-corrected chi connectivity index (χ2v) is 4.26. The van der Waals surface area contributed by atoms with Gasteiger partial charge >= 0.3 is 5.97 Å². The molecule has 1 rings (SSSR count). The predicted molar refractivity (Wildman–Crippen MR) is 61.7 cm³/mol. The van der Waals surface area contributed by atoms with Crippen LogP contribution in [0.1, 0.15) is 12.0 Å². The number of aliphatic carboxylic acids is 1. The van der Waals surface area contributed by atoms with Gasteiger partial charge in [0.25, 0.3) is 0 Å². The zero-order valence-electron chi connectivity index (χ0n) is 8.09. The van der Waals surface area contributed by atoms with E-state index in [-0.39, 0.29) is 6.42 Å². The van der Waals surface area contributed by atoms with Crippen molar-refractivity contribution >= 4 is 33.5 Å². The van der Waals surface area contributed by atoms with Crippen LogP contribution in [-0.4, -0.2) is 18.2 Å². The van der Waals surface area contributed by atoms with Gasteiger partial charge in [0, 0.05) is 11.4 Å². The summed E-state index contributed by atoms with van der Waals surface area (Å²) in [6.45, 7) is 0. The van der Waals surface area contributed by atoms with Crippen molar-refractivity contribution in [3.05, 3.63) is 27.2 Å². The number of hydrogen-bond donors (Lipinski definition) is 1. The Labute approximate surface area is 101 Å². The molecule has 0 aliphatic carbocycles. The Hall–Kier alpha value is -0.740. The summed E-state index contributed by atoms with van der Waals surface area (Å²) < 4.78 is 5.90. The van der Waals surface area contributed by atoms with Crippen LogP contribution in [0.4, 0.5) is 0 Å². The molecular formula is C10H10BrClO3. The molecule has 0 aromatic heterocycles. The van der Waals surface area contributed by atoms with Crippen molar-refractivity contribution in [3.8, 4) is 5.75 Å². The number of methoxy groups -OCH3 is 1. The maximum atomic E-state index is 10.5. The average Bonchev–Trinajstić information content (AvgIpc) is 2.13. The van der Waals surface area contributed by atoms with Gasteiger partial charge < -0.3 is 9.84 Å². The summed E-state index contributed by atoms with van der Waals surface area (Å²) in [7, 11) is 1.54. The quantitative estimate of drug-likeness (QED) is 0.928. The molecule has 0 spiro atoms. The number of halogens is 2. The Balaban J connectivity index is 2.98. The standard InChI is InChI=1S/C10H10BrClO3/c1-15-10-6(2-3-9(13)14)4-7(12)5-8(10)11/h4-5H,2-3H2,1H3,(H,13,14). The van der Waals surface area contributed by atoms with Gasteiger partial charge in [0.1, 0.15) is 5.75 Å². The van der Waals surface area contributed by atoms with E-state index in [4.69, 9.17) is 21.4 Å². The van der Waals surface area contributed by atoms with Crippen molar-refractivity contribution in [1.82, 2.24) is 0 Å². The summed E-state index contributed by atoms with van der Waals surface area (Å²) in [5.41, 5.74) is 0.791. The van der Waals surface area contributed by atoms with Crippen molar-refractivity contribution in [2.24, 2.45) is 0 Å². The average molecular weight is 294 g/mol. The lowest BCUT2D eigenvalue weighted by molar-refractivity contribution is -0.136. The molecule has 1 aromatic carbocycles. The smallest absolute Gasteiger partial charge is 0.303 e. The molecule has 0 unspecified atom stereocenters. The lowest BCUT2D eigenvalue weighted by Gasteiger charge is -2.10. The second-order valence-electron chi connectivity index (χ2n) is 2.97. The summed E-state index contributed by atoms with van der Waals surface area (Å²) in [6, 6.07) is 3.43. The molecule has 5 heteroatoms. The number of carboxylic acids is 1. The molecule has 0 amide bonds. The molecule has 1 aromatic rings.